The number of hydrogen-bond donors (Lipinski definition) is 3. The van der Waals surface area contributed by atoms with Crippen LogP contribution in [-0.2, 0) is 9.59 Å². The molecule has 0 aromatic carbocycles. The van der Waals surface area contributed by atoms with Crippen molar-refractivity contribution in [3.8, 4) is 0 Å². The Morgan fingerprint density at radius 2 is 1.97 bits per heavy atom. The van der Waals surface area contributed by atoms with Crippen LogP contribution in [0.5, 0.6) is 0 Å². The fourth-order valence-corrected chi connectivity index (χ4v) is 5.65. The third-order valence-corrected chi connectivity index (χ3v) is 7.50. The SMILES string of the molecule is CC1(N2CCCC2)CN(c2nc(Cl)nc(NNC(=O)[C@@H](CC3CCCC3)CN(O)C=O)c2F)C1. The van der Waals surface area contributed by atoms with Crippen LogP contribution in [-0.4, -0.2) is 75.7 Å². The van der Waals surface area contributed by atoms with Gasteiger partial charge in [-0.3, -0.25) is 30.5 Å². The van der Waals surface area contributed by atoms with Crippen molar-refractivity contribution in [3.05, 3.63) is 11.1 Å². The average Bonchev–Trinajstić information content (AvgIpc) is 3.51. The van der Waals surface area contributed by atoms with E-state index >= 15 is 4.39 Å². The Balaban J connectivity index is 1.40. The minimum Gasteiger partial charge on any atom is -0.350 e. The first-order valence-corrected chi connectivity index (χ1v) is 12.4. The highest BCUT2D eigenvalue weighted by Crippen LogP contribution is 2.36. The first kappa shape index (κ1) is 24.9. The van der Waals surface area contributed by atoms with Gasteiger partial charge in [-0.1, -0.05) is 25.7 Å². The smallest absolute Gasteiger partial charge is 0.243 e. The standard InChI is InChI=1S/C22H33ClFN7O3/c1-22(30-8-4-5-9-30)12-29(13-22)19-17(24)18(25-21(23)26-19)27-28-20(33)16(11-31(34)14-32)10-15-6-2-3-7-15/h14-16,34H,2-13H2,1H3,(H,28,33)(H,25,26,27)/t16-/m0/s1. The molecular formula is C22H33ClFN7O3. The predicted molar refractivity (Wildman–Crippen MR) is 125 cm³/mol. The van der Waals surface area contributed by atoms with E-state index in [0.29, 0.717) is 30.5 Å². The molecule has 12 heteroatoms. The van der Waals surface area contributed by atoms with Crippen LogP contribution in [0, 0.1) is 17.7 Å². The molecule has 3 fully saturated rings. The third-order valence-electron chi connectivity index (χ3n) is 7.34. The second kappa shape index (κ2) is 10.6. The summed E-state index contributed by atoms with van der Waals surface area (Å²) in [5.74, 6) is -1.59. The zero-order valence-electron chi connectivity index (χ0n) is 19.5. The summed E-state index contributed by atoms with van der Waals surface area (Å²) in [5.41, 5.74) is 4.99. The minimum atomic E-state index is -0.697. The summed E-state index contributed by atoms with van der Waals surface area (Å²) in [6.45, 7) is 5.38. The summed E-state index contributed by atoms with van der Waals surface area (Å²) >= 11 is 6.07. The number of amides is 2. The third kappa shape index (κ3) is 5.52. The number of nitrogens with one attached hydrogen (secondary N) is 2. The molecule has 2 amide bonds. The summed E-state index contributed by atoms with van der Waals surface area (Å²) in [7, 11) is 0. The molecule has 3 heterocycles. The van der Waals surface area contributed by atoms with Crippen LogP contribution in [0.1, 0.15) is 51.9 Å². The molecule has 0 radical (unpaired) electrons. The highest BCUT2D eigenvalue weighted by atomic mass is 35.5. The number of aromatic nitrogens is 2. The van der Waals surface area contributed by atoms with Crippen molar-refractivity contribution in [2.24, 2.45) is 11.8 Å². The van der Waals surface area contributed by atoms with Gasteiger partial charge in [0.25, 0.3) is 0 Å². The molecule has 0 spiro atoms. The summed E-state index contributed by atoms with van der Waals surface area (Å²) in [4.78, 5) is 35.9. The van der Waals surface area contributed by atoms with Gasteiger partial charge in [0.15, 0.2) is 11.6 Å². The zero-order valence-corrected chi connectivity index (χ0v) is 20.2. The topological polar surface area (TPSA) is 114 Å². The van der Waals surface area contributed by atoms with Gasteiger partial charge in [-0.05, 0) is 56.8 Å². The van der Waals surface area contributed by atoms with Crippen LogP contribution < -0.4 is 15.8 Å². The molecule has 1 atom stereocenters. The normalized spacial score (nSPS) is 21.2. The average molecular weight is 498 g/mol. The Morgan fingerprint density at radius 3 is 2.62 bits per heavy atom. The number of nitrogens with zero attached hydrogens (tertiary/aromatic N) is 5. The van der Waals surface area contributed by atoms with E-state index < -0.39 is 17.6 Å². The van der Waals surface area contributed by atoms with Gasteiger partial charge in [-0.15, -0.1) is 0 Å². The van der Waals surface area contributed by atoms with Crippen LogP contribution in [0.15, 0.2) is 0 Å². The molecule has 1 aromatic rings. The van der Waals surface area contributed by atoms with Crippen molar-refractivity contribution in [1.82, 2.24) is 25.4 Å². The van der Waals surface area contributed by atoms with Crippen molar-refractivity contribution in [2.75, 3.05) is 43.0 Å². The number of hydrazine groups is 1. The van der Waals surface area contributed by atoms with E-state index in [2.05, 4.69) is 32.6 Å². The van der Waals surface area contributed by atoms with Crippen molar-refractivity contribution in [2.45, 2.75) is 57.4 Å². The van der Waals surface area contributed by atoms with Crippen LogP contribution in [0.2, 0.25) is 5.28 Å². The van der Waals surface area contributed by atoms with E-state index in [1.165, 1.54) is 12.8 Å². The van der Waals surface area contributed by atoms with Crippen molar-refractivity contribution in [3.63, 3.8) is 0 Å². The molecule has 3 aliphatic rings. The van der Waals surface area contributed by atoms with Gasteiger partial charge in [0, 0.05) is 13.1 Å². The van der Waals surface area contributed by atoms with Crippen LogP contribution in [0.4, 0.5) is 16.0 Å². The van der Waals surface area contributed by atoms with Crippen molar-refractivity contribution in [1.29, 1.82) is 0 Å². The molecule has 3 N–H and O–H groups in total. The first-order valence-electron chi connectivity index (χ1n) is 12.0. The fourth-order valence-electron chi connectivity index (χ4n) is 5.49. The molecule has 1 aromatic heterocycles. The minimum absolute atomic E-state index is 0.0234. The Morgan fingerprint density at radius 1 is 1.29 bits per heavy atom. The lowest BCUT2D eigenvalue weighted by Gasteiger charge is -2.53. The van der Waals surface area contributed by atoms with Gasteiger partial charge in [-0.2, -0.15) is 14.4 Å². The highest BCUT2D eigenvalue weighted by molar-refractivity contribution is 6.28. The van der Waals surface area contributed by atoms with Crippen LogP contribution in [0.25, 0.3) is 0 Å². The summed E-state index contributed by atoms with van der Waals surface area (Å²) in [5, 5.41) is 9.95. The van der Waals surface area contributed by atoms with Gasteiger partial charge >= 0.3 is 0 Å². The van der Waals surface area contributed by atoms with E-state index in [1.807, 2.05) is 4.90 Å². The second-order valence-electron chi connectivity index (χ2n) is 9.95. The molecule has 1 aliphatic carbocycles. The summed E-state index contributed by atoms with van der Waals surface area (Å²) in [6.07, 6.45) is 7.38. The molecule has 2 saturated heterocycles. The number of hydroxylamine groups is 2. The van der Waals surface area contributed by atoms with E-state index in [9.17, 15) is 14.8 Å². The van der Waals surface area contributed by atoms with Crippen LogP contribution >= 0.6 is 11.6 Å². The maximum absolute atomic E-state index is 15.2. The molecule has 2 aliphatic heterocycles. The molecule has 4 rings (SSSR count). The maximum Gasteiger partial charge on any atom is 0.243 e. The van der Waals surface area contributed by atoms with E-state index in [4.69, 9.17) is 11.6 Å². The van der Waals surface area contributed by atoms with Gasteiger partial charge in [0.2, 0.25) is 23.4 Å². The van der Waals surface area contributed by atoms with Gasteiger partial charge in [0.05, 0.1) is 18.0 Å². The number of anilines is 2. The number of halogens is 2. The number of hydrogen-bond acceptors (Lipinski definition) is 8. The van der Waals surface area contributed by atoms with Gasteiger partial charge in [-0.25, -0.2) is 5.06 Å². The summed E-state index contributed by atoms with van der Waals surface area (Å²) in [6, 6.07) is 0. The van der Waals surface area contributed by atoms with Crippen molar-refractivity contribution < 1.29 is 19.2 Å². The predicted octanol–water partition coefficient (Wildman–Crippen LogP) is 2.43. The molecule has 1 saturated carbocycles. The Hall–Kier alpha value is -2.24. The van der Waals surface area contributed by atoms with Crippen LogP contribution in [0.3, 0.4) is 0 Å². The quantitative estimate of drug-likeness (QED) is 0.195. The summed E-state index contributed by atoms with van der Waals surface area (Å²) < 4.78 is 15.2. The second-order valence-corrected chi connectivity index (χ2v) is 10.3. The lowest BCUT2D eigenvalue weighted by atomic mass is 9.90. The number of rotatable bonds is 10. The largest absolute Gasteiger partial charge is 0.350 e. The lowest BCUT2D eigenvalue weighted by Crippen LogP contribution is -2.68. The molecule has 0 bridgehead atoms. The monoisotopic (exact) mass is 497 g/mol. The Kier molecular flexibility index (Phi) is 7.73. The Bertz CT molecular complexity index is 889. The first-order chi connectivity index (χ1) is 16.3. The number of carbonyl (C=O) groups is 2. The van der Waals surface area contributed by atoms with E-state index in [1.54, 1.807) is 0 Å². The molecule has 188 valence electrons. The van der Waals surface area contributed by atoms with E-state index in [0.717, 1.165) is 38.8 Å². The molecule has 0 unspecified atom stereocenters. The van der Waals surface area contributed by atoms with Gasteiger partial charge in [0.1, 0.15) is 0 Å². The van der Waals surface area contributed by atoms with Crippen molar-refractivity contribution >= 4 is 35.6 Å². The fraction of sp³-hybridized carbons (Fsp3) is 0.727. The molecule has 10 nitrogen and oxygen atoms in total. The van der Waals surface area contributed by atoms with E-state index in [-0.39, 0.29) is 35.4 Å². The number of carbonyl (C=O) groups excluding carboxylic acids is 2. The molecular weight excluding hydrogens is 465 g/mol. The lowest BCUT2D eigenvalue weighted by molar-refractivity contribution is -0.154. The zero-order chi connectivity index (χ0) is 24.3. The number of likely N-dealkylation sites (tertiary alicyclic amines) is 1. The van der Waals surface area contributed by atoms with Gasteiger partial charge < -0.3 is 4.90 Å². The Labute approximate surface area is 203 Å². The highest BCUT2D eigenvalue weighted by Gasteiger charge is 2.46. The molecule has 34 heavy (non-hydrogen) atoms. The maximum atomic E-state index is 15.2.